The normalized spacial score (nSPS) is 10.7. The monoisotopic (exact) mass is 280 g/mol. The van der Waals surface area contributed by atoms with Crippen LogP contribution >= 0.6 is 0 Å². The zero-order valence-electron chi connectivity index (χ0n) is 11.8. The molecule has 2 aromatic heterocycles. The maximum atomic E-state index is 12.2. The second kappa shape index (κ2) is 5.75. The van der Waals surface area contributed by atoms with Gasteiger partial charge in [0.1, 0.15) is 12.4 Å². The molecule has 106 valence electrons. The van der Waals surface area contributed by atoms with E-state index in [0.717, 1.165) is 29.0 Å². The van der Waals surface area contributed by atoms with Crippen LogP contribution in [0.2, 0.25) is 0 Å². The lowest BCUT2D eigenvalue weighted by Crippen LogP contribution is -2.20. The Morgan fingerprint density at radius 2 is 1.95 bits per heavy atom. The van der Waals surface area contributed by atoms with Gasteiger partial charge in [0, 0.05) is 24.5 Å². The van der Waals surface area contributed by atoms with Crippen molar-refractivity contribution >= 4 is 22.6 Å². The molecule has 0 saturated carbocycles. The van der Waals surface area contributed by atoms with Crippen molar-refractivity contribution in [1.29, 1.82) is 0 Å². The molecule has 3 rings (SSSR count). The van der Waals surface area contributed by atoms with E-state index in [2.05, 4.69) is 15.3 Å². The van der Waals surface area contributed by atoms with Crippen LogP contribution in [-0.4, -0.2) is 20.4 Å². The average Bonchev–Trinajstić information content (AvgIpc) is 2.86. The lowest BCUT2D eigenvalue weighted by Gasteiger charge is -2.09. The Balaban J connectivity index is 1.85. The Labute approximate surface area is 122 Å². The van der Waals surface area contributed by atoms with Gasteiger partial charge >= 0.3 is 0 Å². The van der Waals surface area contributed by atoms with Gasteiger partial charge in [-0.15, -0.1) is 0 Å². The molecule has 0 spiro atoms. The summed E-state index contributed by atoms with van der Waals surface area (Å²) >= 11 is 0. The summed E-state index contributed by atoms with van der Waals surface area (Å²) < 4.78 is 1.96. The SMILES string of the molecule is CCc1nc2ccccc2n1CC(=O)Nc1ccncc1. The molecule has 3 aromatic rings. The van der Waals surface area contributed by atoms with Crippen LogP contribution in [0.25, 0.3) is 11.0 Å². The third-order valence-corrected chi connectivity index (χ3v) is 3.32. The number of fused-ring (bicyclic) bond motifs is 1. The number of amides is 1. The molecule has 0 fully saturated rings. The number of aromatic nitrogens is 3. The van der Waals surface area contributed by atoms with Gasteiger partial charge in [0.2, 0.25) is 5.91 Å². The Bertz CT molecular complexity index is 764. The molecule has 1 aromatic carbocycles. The van der Waals surface area contributed by atoms with Crippen LogP contribution in [0, 0.1) is 0 Å². The molecule has 0 aliphatic carbocycles. The van der Waals surface area contributed by atoms with E-state index < -0.39 is 0 Å². The molecule has 5 heteroatoms. The van der Waals surface area contributed by atoms with Crippen LogP contribution in [-0.2, 0) is 17.8 Å². The number of imidazole rings is 1. The average molecular weight is 280 g/mol. The van der Waals surface area contributed by atoms with Crippen molar-refractivity contribution in [3.63, 3.8) is 0 Å². The highest BCUT2D eigenvalue weighted by molar-refractivity contribution is 5.91. The van der Waals surface area contributed by atoms with E-state index in [1.807, 2.05) is 35.8 Å². The Hall–Kier alpha value is -2.69. The first-order chi connectivity index (χ1) is 10.3. The molecule has 5 nitrogen and oxygen atoms in total. The van der Waals surface area contributed by atoms with Crippen molar-refractivity contribution in [2.24, 2.45) is 0 Å². The van der Waals surface area contributed by atoms with E-state index in [-0.39, 0.29) is 12.5 Å². The van der Waals surface area contributed by atoms with Gasteiger partial charge in [-0.05, 0) is 24.3 Å². The maximum Gasteiger partial charge on any atom is 0.244 e. The zero-order chi connectivity index (χ0) is 14.7. The molecule has 1 N–H and O–H groups in total. The minimum absolute atomic E-state index is 0.0703. The van der Waals surface area contributed by atoms with Gasteiger partial charge in [0.05, 0.1) is 11.0 Å². The number of benzene rings is 1. The maximum absolute atomic E-state index is 12.2. The second-order valence-electron chi connectivity index (χ2n) is 4.74. The van der Waals surface area contributed by atoms with E-state index in [4.69, 9.17) is 0 Å². The quantitative estimate of drug-likeness (QED) is 0.799. The molecule has 0 aliphatic heterocycles. The summed E-state index contributed by atoms with van der Waals surface area (Å²) in [5.74, 6) is 0.847. The van der Waals surface area contributed by atoms with Crippen LogP contribution in [0.3, 0.4) is 0 Å². The van der Waals surface area contributed by atoms with Gasteiger partial charge in [0.25, 0.3) is 0 Å². The summed E-state index contributed by atoms with van der Waals surface area (Å²) in [4.78, 5) is 20.7. The number of nitrogens with one attached hydrogen (secondary N) is 1. The van der Waals surface area contributed by atoms with Crippen LogP contribution in [0.4, 0.5) is 5.69 Å². The van der Waals surface area contributed by atoms with Crippen molar-refractivity contribution in [1.82, 2.24) is 14.5 Å². The number of aryl methyl sites for hydroxylation is 1. The third kappa shape index (κ3) is 2.76. The number of anilines is 1. The van der Waals surface area contributed by atoms with E-state index in [0.29, 0.717) is 0 Å². The predicted octanol–water partition coefficient (Wildman–Crippen LogP) is 2.63. The predicted molar refractivity (Wildman–Crippen MR) is 82.0 cm³/mol. The summed E-state index contributed by atoms with van der Waals surface area (Å²) in [7, 11) is 0. The fourth-order valence-corrected chi connectivity index (χ4v) is 2.35. The van der Waals surface area contributed by atoms with Crippen LogP contribution in [0.5, 0.6) is 0 Å². The number of hydrogen-bond donors (Lipinski definition) is 1. The van der Waals surface area contributed by atoms with Crippen molar-refractivity contribution in [3.05, 3.63) is 54.6 Å². The van der Waals surface area contributed by atoms with Crippen molar-refractivity contribution in [3.8, 4) is 0 Å². The van der Waals surface area contributed by atoms with E-state index in [1.165, 1.54) is 0 Å². The van der Waals surface area contributed by atoms with Crippen LogP contribution in [0.1, 0.15) is 12.7 Å². The molecule has 0 atom stereocenters. The lowest BCUT2D eigenvalue weighted by molar-refractivity contribution is -0.116. The standard InChI is InChI=1S/C16H16N4O/c1-2-15-19-13-5-3-4-6-14(13)20(15)11-16(21)18-12-7-9-17-10-8-12/h3-10H,2,11H2,1H3,(H,17,18,21). The molecule has 0 saturated heterocycles. The number of nitrogens with zero attached hydrogens (tertiary/aromatic N) is 3. The molecule has 21 heavy (non-hydrogen) atoms. The minimum Gasteiger partial charge on any atom is -0.324 e. The highest BCUT2D eigenvalue weighted by atomic mass is 16.1. The Kier molecular flexibility index (Phi) is 3.64. The fourth-order valence-electron chi connectivity index (χ4n) is 2.35. The smallest absolute Gasteiger partial charge is 0.244 e. The number of hydrogen-bond acceptors (Lipinski definition) is 3. The largest absolute Gasteiger partial charge is 0.324 e. The molecule has 0 aliphatic rings. The first-order valence-electron chi connectivity index (χ1n) is 6.92. The van der Waals surface area contributed by atoms with E-state index >= 15 is 0 Å². The van der Waals surface area contributed by atoms with Gasteiger partial charge in [-0.3, -0.25) is 9.78 Å². The number of carbonyl (C=O) groups is 1. The molecule has 2 heterocycles. The van der Waals surface area contributed by atoms with Gasteiger partial charge in [0.15, 0.2) is 0 Å². The highest BCUT2D eigenvalue weighted by Crippen LogP contribution is 2.16. The summed E-state index contributed by atoms with van der Waals surface area (Å²) in [6.45, 7) is 2.30. The van der Waals surface area contributed by atoms with E-state index in [1.54, 1.807) is 24.5 Å². The van der Waals surface area contributed by atoms with E-state index in [9.17, 15) is 4.79 Å². The zero-order valence-corrected chi connectivity index (χ0v) is 11.8. The molecular weight excluding hydrogens is 264 g/mol. The number of rotatable bonds is 4. The molecule has 1 amide bonds. The first-order valence-corrected chi connectivity index (χ1v) is 6.92. The van der Waals surface area contributed by atoms with Crippen LogP contribution in [0.15, 0.2) is 48.8 Å². The highest BCUT2D eigenvalue weighted by Gasteiger charge is 2.12. The number of para-hydroxylation sites is 2. The lowest BCUT2D eigenvalue weighted by atomic mass is 10.3. The number of carbonyl (C=O) groups excluding carboxylic acids is 1. The van der Waals surface area contributed by atoms with Gasteiger partial charge in [-0.1, -0.05) is 19.1 Å². The molecular formula is C16H16N4O. The molecule has 0 unspecified atom stereocenters. The summed E-state index contributed by atoms with van der Waals surface area (Å²) in [5, 5.41) is 2.87. The molecule has 0 bridgehead atoms. The Morgan fingerprint density at radius 3 is 2.71 bits per heavy atom. The summed E-state index contributed by atoms with van der Waals surface area (Å²) in [5.41, 5.74) is 2.66. The van der Waals surface area contributed by atoms with Crippen LogP contribution < -0.4 is 5.32 Å². The van der Waals surface area contributed by atoms with Gasteiger partial charge in [-0.25, -0.2) is 4.98 Å². The third-order valence-electron chi connectivity index (χ3n) is 3.32. The van der Waals surface area contributed by atoms with Crippen molar-refractivity contribution < 1.29 is 4.79 Å². The molecule has 0 radical (unpaired) electrons. The second-order valence-corrected chi connectivity index (χ2v) is 4.74. The minimum atomic E-state index is -0.0703. The fraction of sp³-hybridized carbons (Fsp3) is 0.188. The van der Waals surface area contributed by atoms with Gasteiger partial charge < -0.3 is 9.88 Å². The summed E-state index contributed by atoms with van der Waals surface area (Å²) in [6.07, 6.45) is 4.09. The number of pyridine rings is 1. The van der Waals surface area contributed by atoms with Gasteiger partial charge in [-0.2, -0.15) is 0 Å². The Morgan fingerprint density at radius 1 is 1.19 bits per heavy atom. The first kappa shape index (κ1) is 13.3. The van der Waals surface area contributed by atoms with Crippen molar-refractivity contribution in [2.75, 3.05) is 5.32 Å². The topological polar surface area (TPSA) is 59.8 Å². The summed E-state index contributed by atoms with van der Waals surface area (Å²) in [6, 6.07) is 11.4. The van der Waals surface area contributed by atoms with Crippen molar-refractivity contribution in [2.45, 2.75) is 19.9 Å².